The maximum atomic E-state index is 5.79. The number of halogens is 1. The van der Waals surface area contributed by atoms with Crippen molar-refractivity contribution in [2.45, 2.75) is 19.3 Å². The zero-order chi connectivity index (χ0) is 13.1. The second-order valence-electron chi connectivity index (χ2n) is 4.13. The molecule has 0 radical (unpaired) electrons. The number of rotatable bonds is 8. The molecule has 5 heteroatoms. The van der Waals surface area contributed by atoms with Gasteiger partial charge in [-0.25, -0.2) is 0 Å². The summed E-state index contributed by atoms with van der Waals surface area (Å²) in [5.74, 6) is 1.77. The van der Waals surface area contributed by atoms with E-state index in [1.165, 1.54) is 17.7 Å². The third kappa shape index (κ3) is 10.1. The van der Waals surface area contributed by atoms with Crippen molar-refractivity contribution >= 4 is 41.7 Å². The molecule has 3 nitrogen and oxygen atoms in total. The molecule has 0 bridgehead atoms. The van der Waals surface area contributed by atoms with Crippen molar-refractivity contribution in [1.29, 1.82) is 0 Å². The Morgan fingerprint density at radius 1 is 1.26 bits per heavy atom. The van der Waals surface area contributed by atoms with E-state index in [0.29, 0.717) is 5.96 Å². The lowest BCUT2D eigenvalue weighted by molar-refractivity contribution is 0.796. The van der Waals surface area contributed by atoms with E-state index in [-0.39, 0.29) is 24.0 Å². The van der Waals surface area contributed by atoms with Crippen LogP contribution in [0.5, 0.6) is 0 Å². The SMILES string of the molecule is CSCCCCN=C(N)NCCc1ccccc1.I. The Kier molecular flexibility index (Phi) is 12.3. The Morgan fingerprint density at radius 2 is 2.00 bits per heavy atom. The topological polar surface area (TPSA) is 50.4 Å². The molecule has 1 aromatic carbocycles. The Balaban J connectivity index is 0.00000324. The fourth-order valence-corrected chi connectivity index (χ4v) is 2.09. The van der Waals surface area contributed by atoms with Crippen LogP contribution in [-0.2, 0) is 6.42 Å². The molecule has 3 N–H and O–H groups in total. The minimum atomic E-state index is 0. The Labute approximate surface area is 137 Å². The predicted octanol–water partition coefficient (Wildman–Crippen LogP) is 2.89. The number of hydrogen-bond donors (Lipinski definition) is 2. The van der Waals surface area contributed by atoms with Gasteiger partial charge in [0.15, 0.2) is 5.96 Å². The van der Waals surface area contributed by atoms with Gasteiger partial charge in [-0.2, -0.15) is 11.8 Å². The van der Waals surface area contributed by atoms with Gasteiger partial charge >= 0.3 is 0 Å². The summed E-state index contributed by atoms with van der Waals surface area (Å²) in [6.45, 7) is 1.66. The molecule has 0 fully saturated rings. The van der Waals surface area contributed by atoms with Crippen LogP contribution in [-0.4, -0.2) is 31.1 Å². The van der Waals surface area contributed by atoms with Crippen molar-refractivity contribution in [3.63, 3.8) is 0 Å². The summed E-state index contributed by atoms with van der Waals surface area (Å²) < 4.78 is 0. The van der Waals surface area contributed by atoms with Gasteiger partial charge in [0.1, 0.15) is 0 Å². The second kappa shape index (κ2) is 12.6. The minimum absolute atomic E-state index is 0. The van der Waals surface area contributed by atoms with Gasteiger partial charge in [0.05, 0.1) is 0 Å². The number of nitrogens with zero attached hydrogens (tertiary/aromatic N) is 1. The molecule has 108 valence electrons. The zero-order valence-corrected chi connectivity index (χ0v) is 14.6. The first-order valence-corrected chi connectivity index (χ1v) is 7.79. The van der Waals surface area contributed by atoms with Gasteiger partial charge in [-0.1, -0.05) is 30.3 Å². The quantitative estimate of drug-likeness (QED) is 0.309. The number of unbranched alkanes of at least 4 members (excludes halogenated alkanes) is 1. The molecule has 0 heterocycles. The summed E-state index contributed by atoms with van der Waals surface area (Å²) in [6, 6.07) is 10.4. The smallest absolute Gasteiger partial charge is 0.188 e. The molecule has 19 heavy (non-hydrogen) atoms. The van der Waals surface area contributed by atoms with Gasteiger partial charge in [-0.15, -0.1) is 24.0 Å². The average molecular weight is 393 g/mol. The fraction of sp³-hybridized carbons (Fsp3) is 0.500. The molecule has 0 saturated heterocycles. The van der Waals surface area contributed by atoms with Gasteiger partial charge in [0, 0.05) is 13.1 Å². The number of benzene rings is 1. The molecule has 0 spiro atoms. The number of guanidine groups is 1. The van der Waals surface area contributed by atoms with Gasteiger partial charge in [-0.05, 0) is 36.8 Å². The second-order valence-corrected chi connectivity index (χ2v) is 5.11. The van der Waals surface area contributed by atoms with Gasteiger partial charge < -0.3 is 11.1 Å². The molecule has 0 amide bonds. The number of thioether (sulfide) groups is 1. The summed E-state index contributed by atoms with van der Waals surface area (Å²) >= 11 is 1.88. The third-order valence-electron chi connectivity index (χ3n) is 2.60. The summed E-state index contributed by atoms with van der Waals surface area (Å²) in [7, 11) is 0. The van der Waals surface area contributed by atoms with Crippen LogP contribution < -0.4 is 11.1 Å². The van der Waals surface area contributed by atoms with Crippen LogP contribution in [0.25, 0.3) is 0 Å². The lowest BCUT2D eigenvalue weighted by Crippen LogP contribution is -2.33. The molecule has 0 aliphatic carbocycles. The molecule has 0 aromatic heterocycles. The number of aliphatic imine (C=N–C) groups is 1. The van der Waals surface area contributed by atoms with Gasteiger partial charge in [-0.3, -0.25) is 4.99 Å². The number of nitrogens with two attached hydrogens (primary N) is 1. The van der Waals surface area contributed by atoms with Crippen LogP contribution >= 0.6 is 35.7 Å². The maximum absolute atomic E-state index is 5.79. The lowest BCUT2D eigenvalue weighted by atomic mass is 10.1. The molecule has 0 aliphatic heterocycles. The Bertz CT molecular complexity index is 344. The minimum Gasteiger partial charge on any atom is -0.370 e. The Morgan fingerprint density at radius 3 is 2.68 bits per heavy atom. The van der Waals surface area contributed by atoms with Crippen molar-refractivity contribution in [3.8, 4) is 0 Å². The van der Waals surface area contributed by atoms with E-state index < -0.39 is 0 Å². The first-order chi connectivity index (χ1) is 8.83. The first kappa shape index (κ1) is 18.6. The normalized spacial score (nSPS) is 10.9. The molecular formula is C14H24IN3S. The molecular weight excluding hydrogens is 369 g/mol. The first-order valence-electron chi connectivity index (χ1n) is 6.39. The molecule has 0 aliphatic rings. The molecule has 1 rings (SSSR count). The van der Waals surface area contributed by atoms with Crippen LogP contribution in [0, 0.1) is 0 Å². The highest BCUT2D eigenvalue weighted by atomic mass is 127. The monoisotopic (exact) mass is 393 g/mol. The molecule has 0 saturated carbocycles. The summed E-state index contributed by atoms with van der Waals surface area (Å²) in [5.41, 5.74) is 7.10. The summed E-state index contributed by atoms with van der Waals surface area (Å²) in [5, 5.41) is 3.14. The molecule has 1 aromatic rings. The molecule has 0 unspecified atom stereocenters. The van der Waals surface area contributed by atoms with Crippen LogP contribution in [0.2, 0.25) is 0 Å². The highest BCUT2D eigenvalue weighted by Crippen LogP contribution is 1.99. The highest BCUT2D eigenvalue weighted by Gasteiger charge is 1.93. The van der Waals surface area contributed by atoms with Crippen LogP contribution in [0.1, 0.15) is 18.4 Å². The fourth-order valence-electron chi connectivity index (χ4n) is 1.59. The van der Waals surface area contributed by atoms with E-state index in [1.807, 2.05) is 17.8 Å². The third-order valence-corrected chi connectivity index (χ3v) is 3.30. The van der Waals surface area contributed by atoms with Crippen LogP contribution in [0.3, 0.4) is 0 Å². The van der Waals surface area contributed by atoms with Crippen molar-refractivity contribution in [1.82, 2.24) is 5.32 Å². The van der Waals surface area contributed by atoms with Gasteiger partial charge in [0.2, 0.25) is 0 Å². The van der Waals surface area contributed by atoms with Crippen LogP contribution in [0.15, 0.2) is 35.3 Å². The molecule has 0 atom stereocenters. The van der Waals surface area contributed by atoms with Crippen molar-refractivity contribution in [3.05, 3.63) is 35.9 Å². The Hall–Kier alpha value is -0.430. The highest BCUT2D eigenvalue weighted by molar-refractivity contribution is 14.0. The maximum Gasteiger partial charge on any atom is 0.188 e. The van der Waals surface area contributed by atoms with E-state index in [4.69, 9.17) is 5.73 Å². The van der Waals surface area contributed by atoms with Crippen molar-refractivity contribution < 1.29 is 0 Å². The van der Waals surface area contributed by atoms with E-state index in [0.717, 1.165) is 25.9 Å². The van der Waals surface area contributed by atoms with Crippen LogP contribution in [0.4, 0.5) is 0 Å². The summed E-state index contributed by atoms with van der Waals surface area (Å²) in [4.78, 5) is 4.30. The average Bonchev–Trinajstić information content (AvgIpc) is 2.40. The van der Waals surface area contributed by atoms with E-state index in [2.05, 4.69) is 40.8 Å². The zero-order valence-electron chi connectivity index (χ0n) is 11.5. The standard InChI is InChI=1S/C14H23N3S.HI/c1-18-12-6-5-10-16-14(15)17-11-9-13-7-3-2-4-8-13;/h2-4,7-8H,5-6,9-12H2,1H3,(H3,15,16,17);1H. The summed E-state index contributed by atoms with van der Waals surface area (Å²) in [6.07, 6.45) is 5.43. The lowest BCUT2D eigenvalue weighted by Gasteiger charge is -2.05. The number of hydrogen-bond acceptors (Lipinski definition) is 2. The largest absolute Gasteiger partial charge is 0.370 e. The van der Waals surface area contributed by atoms with E-state index in [1.54, 1.807) is 0 Å². The number of nitrogens with one attached hydrogen (secondary N) is 1. The van der Waals surface area contributed by atoms with E-state index in [9.17, 15) is 0 Å². The van der Waals surface area contributed by atoms with Gasteiger partial charge in [0.25, 0.3) is 0 Å². The van der Waals surface area contributed by atoms with Crippen molar-refractivity contribution in [2.75, 3.05) is 25.1 Å². The van der Waals surface area contributed by atoms with E-state index >= 15 is 0 Å². The predicted molar refractivity (Wildman–Crippen MR) is 97.7 cm³/mol. The van der Waals surface area contributed by atoms with Crippen molar-refractivity contribution in [2.24, 2.45) is 10.7 Å².